The lowest BCUT2D eigenvalue weighted by Gasteiger charge is -2.31. The number of aromatic amines is 1. The average molecular weight is 283 g/mol. The van der Waals surface area contributed by atoms with Crippen molar-refractivity contribution < 1.29 is 4.79 Å². The summed E-state index contributed by atoms with van der Waals surface area (Å²) in [5, 5.41) is 1.18. The number of hydrogen-bond donors (Lipinski definition) is 1. The first kappa shape index (κ1) is 12.9. The van der Waals surface area contributed by atoms with Gasteiger partial charge in [0.2, 0.25) is 5.91 Å². The molecule has 0 aromatic carbocycles. The quantitative estimate of drug-likeness (QED) is 0.921. The van der Waals surface area contributed by atoms with Crippen LogP contribution in [-0.4, -0.2) is 33.9 Å². The SMILES string of the molecule is C[C@@H]1C[C@H]1C(=O)N1CCC(c2cc3cccnc3[nH]2)CC1. The third-order valence-corrected chi connectivity index (χ3v) is 5.09. The van der Waals surface area contributed by atoms with Gasteiger partial charge in [0.1, 0.15) is 5.65 Å². The second-order valence-corrected chi connectivity index (χ2v) is 6.58. The van der Waals surface area contributed by atoms with Crippen molar-refractivity contribution in [3.8, 4) is 0 Å². The number of amides is 1. The van der Waals surface area contributed by atoms with Crippen LogP contribution in [-0.2, 0) is 4.79 Å². The Hall–Kier alpha value is -1.84. The van der Waals surface area contributed by atoms with Crippen molar-refractivity contribution >= 4 is 16.9 Å². The van der Waals surface area contributed by atoms with Crippen molar-refractivity contribution in [3.63, 3.8) is 0 Å². The van der Waals surface area contributed by atoms with E-state index in [1.807, 2.05) is 12.3 Å². The van der Waals surface area contributed by atoms with Gasteiger partial charge in [-0.1, -0.05) is 6.92 Å². The summed E-state index contributed by atoms with van der Waals surface area (Å²) in [6.45, 7) is 3.97. The fraction of sp³-hybridized carbons (Fsp3) is 0.529. The fourth-order valence-corrected chi connectivity index (χ4v) is 3.51. The highest BCUT2D eigenvalue weighted by Crippen LogP contribution is 2.40. The Balaban J connectivity index is 1.43. The molecular weight excluding hydrogens is 262 g/mol. The molecule has 0 bridgehead atoms. The number of hydrogen-bond acceptors (Lipinski definition) is 2. The summed E-state index contributed by atoms with van der Waals surface area (Å²) in [5.74, 6) is 1.84. The maximum Gasteiger partial charge on any atom is 0.225 e. The van der Waals surface area contributed by atoms with Gasteiger partial charge in [-0.3, -0.25) is 4.79 Å². The van der Waals surface area contributed by atoms with E-state index < -0.39 is 0 Å². The lowest BCUT2D eigenvalue weighted by molar-refractivity contribution is -0.133. The molecule has 4 rings (SSSR count). The molecule has 1 saturated heterocycles. The number of likely N-dealkylation sites (tertiary alicyclic amines) is 1. The second kappa shape index (κ2) is 4.86. The van der Waals surface area contributed by atoms with Crippen molar-refractivity contribution in [2.24, 2.45) is 11.8 Å². The summed E-state index contributed by atoms with van der Waals surface area (Å²) in [7, 11) is 0. The molecule has 2 fully saturated rings. The topological polar surface area (TPSA) is 49.0 Å². The van der Waals surface area contributed by atoms with E-state index in [0.29, 0.717) is 23.7 Å². The smallest absolute Gasteiger partial charge is 0.225 e. The van der Waals surface area contributed by atoms with Crippen molar-refractivity contribution in [1.29, 1.82) is 0 Å². The van der Waals surface area contributed by atoms with Crippen LogP contribution in [0.5, 0.6) is 0 Å². The Bertz CT molecular complexity index is 636. The van der Waals surface area contributed by atoms with Gasteiger partial charge in [-0.05, 0) is 43.4 Å². The molecule has 1 N–H and O–H groups in total. The van der Waals surface area contributed by atoms with Crippen LogP contribution in [0, 0.1) is 11.8 Å². The number of pyridine rings is 1. The zero-order valence-electron chi connectivity index (χ0n) is 12.4. The molecule has 4 heteroatoms. The first-order valence-electron chi connectivity index (χ1n) is 7.95. The number of H-pyrrole nitrogens is 1. The largest absolute Gasteiger partial charge is 0.343 e. The van der Waals surface area contributed by atoms with E-state index in [0.717, 1.165) is 38.0 Å². The molecular formula is C17H21N3O. The average Bonchev–Trinajstić information content (AvgIpc) is 3.09. The van der Waals surface area contributed by atoms with Gasteiger partial charge in [0.05, 0.1) is 0 Å². The van der Waals surface area contributed by atoms with E-state index in [4.69, 9.17) is 0 Å². The summed E-state index contributed by atoms with van der Waals surface area (Å²) in [6.07, 6.45) is 5.02. The Kier molecular flexibility index (Phi) is 2.98. The Morgan fingerprint density at radius 1 is 1.38 bits per heavy atom. The molecule has 110 valence electrons. The second-order valence-electron chi connectivity index (χ2n) is 6.58. The van der Waals surface area contributed by atoms with E-state index in [1.54, 1.807) is 0 Å². The zero-order chi connectivity index (χ0) is 14.4. The predicted molar refractivity (Wildman–Crippen MR) is 81.9 cm³/mol. The summed E-state index contributed by atoms with van der Waals surface area (Å²) in [5.41, 5.74) is 2.24. The van der Waals surface area contributed by atoms with E-state index >= 15 is 0 Å². The Morgan fingerprint density at radius 3 is 2.81 bits per heavy atom. The van der Waals surface area contributed by atoms with Crippen LogP contribution in [0.3, 0.4) is 0 Å². The van der Waals surface area contributed by atoms with Gasteiger partial charge in [0, 0.05) is 42.2 Å². The lowest BCUT2D eigenvalue weighted by atomic mass is 9.93. The molecule has 2 atom stereocenters. The highest BCUT2D eigenvalue weighted by molar-refractivity contribution is 5.81. The number of fused-ring (bicyclic) bond motifs is 1. The van der Waals surface area contributed by atoms with Crippen LogP contribution in [0.4, 0.5) is 0 Å². The van der Waals surface area contributed by atoms with Crippen LogP contribution < -0.4 is 0 Å². The standard InChI is InChI=1S/C17H21N3O/c1-11-9-14(11)17(21)20-7-4-12(5-8-20)15-10-13-3-2-6-18-16(13)19-15/h2-3,6,10-12,14H,4-5,7-9H2,1H3,(H,18,19)/t11-,14-/m1/s1. The summed E-state index contributed by atoms with van der Waals surface area (Å²) >= 11 is 0. The minimum Gasteiger partial charge on any atom is -0.343 e. The number of carbonyl (C=O) groups is 1. The Morgan fingerprint density at radius 2 is 2.14 bits per heavy atom. The van der Waals surface area contributed by atoms with Crippen LogP contribution >= 0.6 is 0 Å². The number of rotatable bonds is 2. The van der Waals surface area contributed by atoms with Gasteiger partial charge in [0.15, 0.2) is 0 Å². The Labute approximate surface area is 124 Å². The summed E-state index contributed by atoms with van der Waals surface area (Å²) < 4.78 is 0. The van der Waals surface area contributed by atoms with Crippen LogP contribution in [0.15, 0.2) is 24.4 Å². The monoisotopic (exact) mass is 283 g/mol. The van der Waals surface area contributed by atoms with Gasteiger partial charge in [-0.2, -0.15) is 0 Å². The molecule has 2 aromatic heterocycles. The van der Waals surface area contributed by atoms with Crippen molar-refractivity contribution in [3.05, 3.63) is 30.1 Å². The van der Waals surface area contributed by atoms with Crippen LogP contribution in [0.25, 0.3) is 11.0 Å². The van der Waals surface area contributed by atoms with Gasteiger partial charge < -0.3 is 9.88 Å². The van der Waals surface area contributed by atoms with Crippen LogP contribution in [0.1, 0.15) is 37.8 Å². The highest BCUT2D eigenvalue weighted by Gasteiger charge is 2.42. The maximum absolute atomic E-state index is 12.3. The van der Waals surface area contributed by atoms with Gasteiger partial charge in [-0.15, -0.1) is 0 Å². The van der Waals surface area contributed by atoms with Crippen molar-refractivity contribution in [2.45, 2.75) is 32.1 Å². The molecule has 21 heavy (non-hydrogen) atoms. The van der Waals surface area contributed by atoms with Gasteiger partial charge in [-0.25, -0.2) is 4.98 Å². The number of nitrogens with one attached hydrogen (secondary N) is 1. The van der Waals surface area contributed by atoms with Crippen LogP contribution in [0.2, 0.25) is 0 Å². The molecule has 2 aromatic rings. The third kappa shape index (κ3) is 2.33. The molecule has 1 amide bonds. The normalized spacial score (nSPS) is 26.2. The van der Waals surface area contributed by atoms with E-state index in [-0.39, 0.29) is 0 Å². The van der Waals surface area contributed by atoms with Gasteiger partial charge in [0.25, 0.3) is 0 Å². The molecule has 0 unspecified atom stereocenters. The molecule has 1 saturated carbocycles. The third-order valence-electron chi connectivity index (χ3n) is 5.09. The lowest BCUT2D eigenvalue weighted by Crippen LogP contribution is -2.39. The van der Waals surface area contributed by atoms with E-state index in [9.17, 15) is 4.79 Å². The van der Waals surface area contributed by atoms with Crippen molar-refractivity contribution in [2.75, 3.05) is 13.1 Å². The summed E-state index contributed by atoms with van der Waals surface area (Å²) in [6, 6.07) is 6.28. The molecule has 2 aliphatic rings. The van der Waals surface area contributed by atoms with Crippen molar-refractivity contribution in [1.82, 2.24) is 14.9 Å². The van der Waals surface area contributed by atoms with Gasteiger partial charge >= 0.3 is 0 Å². The highest BCUT2D eigenvalue weighted by atomic mass is 16.2. The number of carbonyl (C=O) groups excluding carboxylic acids is 1. The summed E-state index contributed by atoms with van der Waals surface area (Å²) in [4.78, 5) is 22.1. The zero-order valence-corrected chi connectivity index (χ0v) is 12.4. The molecule has 0 radical (unpaired) electrons. The predicted octanol–water partition coefficient (Wildman–Crippen LogP) is 2.92. The van der Waals surface area contributed by atoms with E-state index in [2.05, 4.69) is 33.9 Å². The first-order chi connectivity index (χ1) is 10.2. The molecule has 4 nitrogen and oxygen atoms in total. The van der Waals surface area contributed by atoms with E-state index in [1.165, 1.54) is 11.1 Å². The maximum atomic E-state index is 12.3. The fourth-order valence-electron chi connectivity index (χ4n) is 3.51. The molecule has 0 spiro atoms. The number of nitrogens with zero attached hydrogens (tertiary/aromatic N) is 2. The first-order valence-corrected chi connectivity index (χ1v) is 7.95. The number of aromatic nitrogens is 2. The molecule has 1 aliphatic carbocycles. The molecule has 3 heterocycles. The minimum absolute atomic E-state index is 0.318. The number of piperidine rings is 1. The minimum atomic E-state index is 0.318. The molecule has 1 aliphatic heterocycles.